The number of hydrogen-bond donors (Lipinski definition) is 1. The minimum atomic E-state index is -1.26. The second-order valence-corrected chi connectivity index (χ2v) is 2.70. The van der Waals surface area contributed by atoms with Crippen LogP contribution >= 0.6 is 0 Å². The molecule has 0 saturated carbocycles. The van der Waals surface area contributed by atoms with E-state index in [1.54, 1.807) is 0 Å². The van der Waals surface area contributed by atoms with E-state index in [-0.39, 0.29) is 0 Å². The van der Waals surface area contributed by atoms with Crippen molar-refractivity contribution in [3.63, 3.8) is 0 Å². The lowest BCUT2D eigenvalue weighted by Crippen LogP contribution is -2.47. The summed E-state index contributed by atoms with van der Waals surface area (Å²) in [4.78, 5) is 20.7. The fraction of sp³-hybridized carbons (Fsp3) is 0.714. The predicted molar refractivity (Wildman–Crippen MR) is 41.0 cm³/mol. The van der Waals surface area contributed by atoms with E-state index in [0.717, 1.165) is 19.3 Å². The van der Waals surface area contributed by atoms with Gasteiger partial charge in [-0.15, -0.1) is 0 Å². The SMILES string of the molecule is O=[C]N(C(=O)O)N1CCCCC1. The van der Waals surface area contributed by atoms with Crippen LogP contribution < -0.4 is 0 Å². The second kappa shape index (κ2) is 4.06. The Labute approximate surface area is 70.5 Å². The van der Waals surface area contributed by atoms with Gasteiger partial charge >= 0.3 is 12.5 Å². The maximum Gasteiger partial charge on any atom is 0.429 e. The zero-order chi connectivity index (χ0) is 8.97. The standard InChI is InChI=1S/C7H11N2O3/c10-6-9(7(11)12)8-4-2-1-3-5-8/h1-5H2,(H,11,12). The minimum absolute atomic E-state index is 0.596. The summed E-state index contributed by atoms with van der Waals surface area (Å²) < 4.78 is 0. The van der Waals surface area contributed by atoms with Gasteiger partial charge in [0.15, 0.2) is 0 Å². The molecule has 1 aliphatic rings. The van der Waals surface area contributed by atoms with Crippen LogP contribution in [0.15, 0.2) is 0 Å². The third-order valence-corrected chi connectivity index (χ3v) is 1.88. The summed E-state index contributed by atoms with van der Waals surface area (Å²) in [6, 6.07) is 0. The Morgan fingerprint density at radius 2 is 1.92 bits per heavy atom. The number of imide groups is 1. The van der Waals surface area contributed by atoms with Crippen molar-refractivity contribution >= 4 is 12.5 Å². The maximum absolute atomic E-state index is 10.5. The van der Waals surface area contributed by atoms with E-state index in [1.807, 2.05) is 0 Å². The van der Waals surface area contributed by atoms with Gasteiger partial charge in [-0.3, -0.25) is 4.79 Å². The average Bonchev–Trinajstić information content (AvgIpc) is 2.07. The van der Waals surface area contributed by atoms with Crippen molar-refractivity contribution in [2.75, 3.05) is 13.1 Å². The van der Waals surface area contributed by atoms with E-state index < -0.39 is 6.09 Å². The van der Waals surface area contributed by atoms with Crippen LogP contribution in [0, 0.1) is 0 Å². The van der Waals surface area contributed by atoms with Crippen LogP contribution in [0.4, 0.5) is 4.79 Å². The van der Waals surface area contributed by atoms with Crippen molar-refractivity contribution in [1.29, 1.82) is 0 Å². The molecular weight excluding hydrogens is 160 g/mol. The van der Waals surface area contributed by atoms with Gasteiger partial charge in [-0.05, 0) is 12.8 Å². The van der Waals surface area contributed by atoms with Gasteiger partial charge in [-0.2, -0.15) is 5.01 Å². The molecule has 1 aliphatic heterocycles. The molecule has 1 saturated heterocycles. The van der Waals surface area contributed by atoms with E-state index in [2.05, 4.69) is 0 Å². The third kappa shape index (κ3) is 1.94. The Hall–Kier alpha value is -1.10. The van der Waals surface area contributed by atoms with Crippen LogP contribution in [0.5, 0.6) is 0 Å². The van der Waals surface area contributed by atoms with Gasteiger partial charge in [0.25, 0.3) is 0 Å². The van der Waals surface area contributed by atoms with Crippen molar-refractivity contribution in [3.05, 3.63) is 0 Å². The zero-order valence-electron chi connectivity index (χ0n) is 6.69. The summed E-state index contributed by atoms with van der Waals surface area (Å²) >= 11 is 0. The van der Waals surface area contributed by atoms with E-state index in [4.69, 9.17) is 5.11 Å². The molecule has 0 aromatic heterocycles. The smallest absolute Gasteiger partial charge is 0.429 e. The van der Waals surface area contributed by atoms with Crippen molar-refractivity contribution in [2.24, 2.45) is 0 Å². The van der Waals surface area contributed by atoms with Crippen LogP contribution in [0.3, 0.4) is 0 Å². The molecule has 0 atom stereocenters. The molecule has 0 unspecified atom stereocenters. The summed E-state index contributed by atoms with van der Waals surface area (Å²) in [6.07, 6.45) is 3.10. The summed E-state index contributed by atoms with van der Waals surface area (Å²) in [6.45, 7) is 1.25. The van der Waals surface area contributed by atoms with E-state index in [9.17, 15) is 9.59 Å². The number of amides is 2. The Balaban J connectivity index is 2.51. The summed E-state index contributed by atoms with van der Waals surface area (Å²) in [5.41, 5.74) is 0. The van der Waals surface area contributed by atoms with Gasteiger partial charge in [0, 0.05) is 13.1 Å². The molecule has 5 heteroatoms. The van der Waals surface area contributed by atoms with E-state index in [0.29, 0.717) is 18.1 Å². The van der Waals surface area contributed by atoms with Crippen molar-refractivity contribution < 1.29 is 14.7 Å². The molecule has 0 aromatic carbocycles. The lowest BCUT2D eigenvalue weighted by Gasteiger charge is -2.30. The molecule has 0 aliphatic carbocycles. The number of hydrogen-bond acceptors (Lipinski definition) is 3. The Bertz CT molecular complexity index is 177. The minimum Gasteiger partial charge on any atom is -0.464 e. The lowest BCUT2D eigenvalue weighted by atomic mass is 10.2. The van der Waals surface area contributed by atoms with Crippen molar-refractivity contribution in [2.45, 2.75) is 19.3 Å². The van der Waals surface area contributed by atoms with E-state index in [1.165, 1.54) is 11.4 Å². The molecule has 67 valence electrons. The van der Waals surface area contributed by atoms with Gasteiger partial charge < -0.3 is 5.11 Å². The average molecular weight is 171 g/mol. The molecule has 0 spiro atoms. The molecule has 1 fully saturated rings. The van der Waals surface area contributed by atoms with Gasteiger partial charge in [-0.25, -0.2) is 9.80 Å². The number of carboxylic acid groups (broad SMARTS) is 1. The van der Waals surface area contributed by atoms with Crippen LogP contribution in [0.1, 0.15) is 19.3 Å². The molecule has 1 heterocycles. The normalized spacial score (nSPS) is 18.7. The zero-order valence-corrected chi connectivity index (χ0v) is 6.69. The van der Waals surface area contributed by atoms with Crippen molar-refractivity contribution in [3.8, 4) is 0 Å². The van der Waals surface area contributed by atoms with Gasteiger partial charge in [0.2, 0.25) is 0 Å². The molecule has 1 radical (unpaired) electrons. The summed E-state index contributed by atoms with van der Waals surface area (Å²) in [5.74, 6) is 0. The second-order valence-electron chi connectivity index (χ2n) is 2.70. The number of hydrazine groups is 1. The lowest BCUT2D eigenvalue weighted by molar-refractivity contribution is 0.0286. The van der Waals surface area contributed by atoms with Crippen LogP contribution in [0.25, 0.3) is 0 Å². The first-order valence-electron chi connectivity index (χ1n) is 3.91. The molecule has 2 amide bonds. The fourth-order valence-electron chi connectivity index (χ4n) is 1.29. The first-order valence-corrected chi connectivity index (χ1v) is 3.91. The molecule has 0 bridgehead atoms. The highest BCUT2D eigenvalue weighted by molar-refractivity contribution is 5.78. The van der Waals surface area contributed by atoms with Crippen LogP contribution in [-0.2, 0) is 4.79 Å². The van der Waals surface area contributed by atoms with Gasteiger partial charge in [0.05, 0.1) is 0 Å². The summed E-state index contributed by atoms with van der Waals surface area (Å²) in [7, 11) is 0. The Kier molecular flexibility index (Phi) is 3.04. The summed E-state index contributed by atoms with van der Waals surface area (Å²) in [5, 5.41) is 10.6. The number of carbonyl (C=O) groups is 1. The Morgan fingerprint density at radius 3 is 2.33 bits per heavy atom. The highest BCUT2D eigenvalue weighted by Gasteiger charge is 2.22. The van der Waals surface area contributed by atoms with Crippen molar-refractivity contribution in [1.82, 2.24) is 10.0 Å². The van der Waals surface area contributed by atoms with Gasteiger partial charge in [0.1, 0.15) is 0 Å². The quantitative estimate of drug-likeness (QED) is 0.612. The van der Waals surface area contributed by atoms with Crippen LogP contribution in [0.2, 0.25) is 0 Å². The van der Waals surface area contributed by atoms with Gasteiger partial charge in [-0.1, -0.05) is 6.42 Å². The number of carbonyl (C=O) groups excluding carboxylic acids is 1. The Morgan fingerprint density at radius 1 is 1.33 bits per heavy atom. The number of nitrogens with zero attached hydrogens (tertiary/aromatic N) is 2. The number of piperidine rings is 1. The molecule has 12 heavy (non-hydrogen) atoms. The number of rotatable bonds is 2. The van der Waals surface area contributed by atoms with E-state index >= 15 is 0 Å². The first kappa shape index (κ1) is 8.99. The molecule has 1 N–H and O–H groups in total. The first-order chi connectivity index (χ1) is 5.75. The maximum atomic E-state index is 10.5. The topological polar surface area (TPSA) is 60.9 Å². The molecule has 1 rings (SSSR count). The largest absolute Gasteiger partial charge is 0.464 e. The molecule has 5 nitrogen and oxygen atoms in total. The van der Waals surface area contributed by atoms with Crippen LogP contribution in [-0.4, -0.2) is 40.7 Å². The highest BCUT2D eigenvalue weighted by atomic mass is 16.4. The fourth-order valence-corrected chi connectivity index (χ4v) is 1.29. The molecular formula is C7H11N2O3. The molecule has 0 aromatic rings. The third-order valence-electron chi connectivity index (χ3n) is 1.88. The predicted octanol–water partition coefficient (Wildman–Crippen LogP) is 0.435. The monoisotopic (exact) mass is 171 g/mol. The highest BCUT2D eigenvalue weighted by Crippen LogP contribution is 2.10.